The minimum Gasteiger partial charge on any atom is -0.497 e. The van der Waals surface area contributed by atoms with Gasteiger partial charge in [-0.25, -0.2) is 0 Å². The van der Waals surface area contributed by atoms with Gasteiger partial charge in [-0.2, -0.15) is 0 Å². The minimum absolute atomic E-state index is 0.0369. The van der Waals surface area contributed by atoms with Crippen LogP contribution in [0.25, 0.3) is 5.69 Å². The zero-order valence-corrected chi connectivity index (χ0v) is 23.1. The number of aromatic nitrogens is 3. The summed E-state index contributed by atoms with van der Waals surface area (Å²) in [7, 11) is 1.61. The van der Waals surface area contributed by atoms with Crippen LogP contribution in [0.1, 0.15) is 28.1 Å². The van der Waals surface area contributed by atoms with Crippen LogP contribution < -0.4 is 15.0 Å². The topological polar surface area (TPSA) is 89.3 Å². The lowest BCUT2D eigenvalue weighted by atomic mass is 10.1. The van der Waals surface area contributed by atoms with Crippen molar-refractivity contribution in [2.45, 2.75) is 38.4 Å². The second-order valence-electron chi connectivity index (χ2n) is 9.54. The summed E-state index contributed by atoms with van der Waals surface area (Å²) in [6.45, 7) is 4.96. The Morgan fingerprint density at radius 3 is 2.59 bits per heavy atom. The Morgan fingerprint density at radius 2 is 1.79 bits per heavy atom. The summed E-state index contributed by atoms with van der Waals surface area (Å²) in [5.41, 5.74) is 6.15. The summed E-state index contributed by atoms with van der Waals surface area (Å²) >= 11 is 1.36. The van der Waals surface area contributed by atoms with Crippen LogP contribution in [-0.4, -0.2) is 46.0 Å². The van der Waals surface area contributed by atoms with E-state index in [1.165, 1.54) is 17.3 Å². The molecule has 0 atom stereocenters. The molecule has 39 heavy (non-hydrogen) atoms. The largest absolute Gasteiger partial charge is 0.497 e. The molecule has 1 N–H and O–H groups in total. The van der Waals surface area contributed by atoms with Gasteiger partial charge in [-0.3, -0.25) is 14.2 Å². The van der Waals surface area contributed by atoms with E-state index in [1.54, 1.807) is 7.11 Å². The summed E-state index contributed by atoms with van der Waals surface area (Å²) in [6.07, 6.45) is 1.11. The van der Waals surface area contributed by atoms with Crippen LogP contribution >= 0.6 is 11.8 Å². The fourth-order valence-corrected chi connectivity index (χ4v) is 5.52. The molecule has 0 aliphatic carbocycles. The van der Waals surface area contributed by atoms with Crippen LogP contribution in [0.5, 0.6) is 5.75 Å². The number of ether oxygens (including phenoxy) is 1. The van der Waals surface area contributed by atoms with E-state index >= 15 is 0 Å². The lowest BCUT2D eigenvalue weighted by molar-refractivity contribution is -0.120. The normalized spacial score (nSPS) is 12.3. The SMILES string of the molecule is COc1ccc(CC(=O)NCc2nnc(SCC(=O)N3CCc4ccccc43)n2-c2cc(C)ccc2C)cc1. The van der Waals surface area contributed by atoms with Gasteiger partial charge in [-0.15, -0.1) is 10.2 Å². The van der Waals surface area contributed by atoms with Crippen molar-refractivity contribution in [3.8, 4) is 11.4 Å². The Morgan fingerprint density at radius 1 is 1.00 bits per heavy atom. The first kappa shape index (κ1) is 26.5. The van der Waals surface area contributed by atoms with Gasteiger partial charge in [0.2, 0.25) is 11.8 Å². The average Bonchev–Trinajstić information content (AvgIpc) is 3.56. The van der Waals surface area contributed by atoms with Gasteiger partial charge in [-0.05, 0) is 66.8 Å². The van der Waals surface area contributed by atoms with E-state index in [2.05, 4.69) is 39.8 Å². The maximum absolute atomic E-state index is 13.2. The van der Waals surface area contributed by atoms with E-state index in [-0.39, 0.29) is 30.5 Å². The number of rotatable bonds is 9. The van der Waals surface area contributed by atoms with Crippen LogP contribution in [0.4, 0.5) is 5.69 Å². The molecule has 1 aromatic heterocycles. The van der Waals surface area contributed by atoms with Gasteiger partial charge in [0.05, 0.1) is 31.5 Å². The Bertz CT molecular complexity index is 1500. The molecule has 3 aromatic carbocycles. The Labute approximate surface area is 232 Å². The van der Waals surface area contributed by atoms with Crippen LogP contribution in [0.2, 0.25) is 0 Å². The zero-order valence-electron chi connectivity index (χ0n) is 22.3. The second-order valence-corrected chi connectivity index (χ2v) is 10.5. The molecular weight excluding hydrogens is 510 g/mol. The van der Waals surface area contributed by atoms with E-state index in [0.717, 1.165) is 40.2 Å². The summed E-state index contributed by atoms with van der Waals surface area (Å²) in [6, 6.07) is 21.6. The number of hydrogen-bond acceptors (Lipinski definition) is 6. The zero-order chi connectivity index (χ0) is 27.4. The van der Waals surface area contributed by atoms with Gasteiger partial charge in [0.15, 0.2) is 11.0 Å². The van der Waals surface area contributed by atoms with Crippen molar-refractivity contribution in [2.24, 2.45) is 0 Å². The van der Waals surface area contributed by atoms with Crippen molar-refractivity contribution in [1.29, 1.82) is 0 Å². The van der Waals surface area contributed by atoms with E-state index in [9.17, 15) is 9.59 Å². The summed E-state index contributed by atoms with van der Waals surface area (Å²) in [4.78, 5) is 27.7. The highest BCUT2D eigenvalue weighted by Crippen LogP contribution is 2.30. The number of aryl methyl sites for hydroxylation is 2. The Balaban J connectivity index is 1.32. The number of carbonyl (C=O) groups excluding carboxylic acids is 2. The third-order valence-corrected chi connectivity index (χ3v) is 7.70. The van der Waals surface area contributed by atoms with Crippen LogP contribution in [0.3, 0.4) is 0 Å². The molecule has 2 heterocycles. The van der Waals surface area contributed by atoms with Crippen molar-refractivity contribution in [1.82, 2.24) is 20.1 Å². The number of anilines is 1. The molecule has 0 fully saturated rings. The summed E-state index contributed by atoms with van der Waals surface area (Å²) in [5.74, 6) is 1.51. The number of thioether (sulfide) groups is 1. The number of nitrogens with zero attached hydrogens (tertiary/aromatic N) is 4. The predicted octanol–water partition coefficient (Wildman–Crippen LogP) is 4.43. The highest BCUT2D eigenvalue weighted by atomic mass is 32.2. The van der Waals surface area contributed by atoms with E-state index in [4.69, 9.17) is 4.74 Å². The number of para-hydroxylation sites is 1. The quantitative estimate of drug-likeness (QED) is 0.315. The van der Waals surface area contributed by atoms with E-state index in [1.807, 2.05) is 65.8 Å². The van der Waals surface area contributed by atoms with E-state index < -0.39 is 0 Å². The third kappa shape index (κ3) is 5.98. The molecule has 0 bridgehead atoms. The third-order valence-electron chi connectivity index (χ3n) is 6.79. The van der Waals surface area contributed by atoms with Crippen molar-refractivity contribution in [3.63, 3.8) is 0 Å². The maximum atomic E-state index is 13.2. The van der Waals surface area contributed by atoms with Crippen molar-refractivity contribution in [3.05, 3.63) is 94.8 Å². The average molecular weight is 542 g/mol. The maximum Gasteiger partial charge on any atom is 0.237 e. The lowest BCUT2D eigenvalue weighted by Gasteiger charge is -2.17. The van der Waals surface area contributed by atoms with Gasteiger partial charge in [0.1, 0.15) is 5.75 Å². The van der Waals surface area contributed by atoms with Gasteiger partial charge in [0.25, 0.3) is 0 Å². The Hall–Kier alpha value is -4.11. The first-order valence-electron chi connectivity index (χ1n) is 12.9. The first-order valence-corrected chi connectivity index (χ1v) is 13.8. The number of carbonyl (C=O) groups is 2. The number of methoxy groups -OCH3 is 1. The molecule has 0 saturated carbocycles. The molecule has 2 amide bonds. The summed E-state index contributed by atoms with van der Waals surface area (Å²) in [5, 5.41) is 12.4. The number of benzene rings is 3. The molecule has 9 heteroatoms. The number of nitrogens with one attached hydrogen (secondary N) is 1. The smallest absolute Gasteiger partial charge is 0.237 e. The molecule has 0 spiro atoms. The van der Waals surface area contributed by atoms with Crippen molar-refractivity contribution >= 4 is 29.3 Å². The van der Waals surface area contributed by atoms with Gasteiger partial charge >= 0.3 is 0 Å². The molecule has 5 rings (SSSR count). The molecule has 0 unspecified atom stereocenters. The van der Waals surface area contributed by atoms with Crippen LogP contribution in [-0.2, 0) is 29.0 Å². The highest BCUT2D eigenvalue weighted by molar-refractivity contribution is 7.99. The highest BCUT2D eigenvalue weighted by Gasteiger charge is 2.25. The first-order chi connectivity index (χ1) is 18.9. The predicted molar refractivity (Wildman–Crippen MR) is 153 cm³/mol. The Kier molecular flexibility index (Phi) is 7.97. The molecule has 1 aliphatic rings. The molecule has 1 aliphatic heterocycles. The van der Waals surface area contributed by atoms with Crippen molar-refractivity contribution < 1.29 is 14.3 Å². The van der Waals surface area contributed by atoms with Gasteiger partial charge in [0, 0.05) is 12.2 Å². The number of fused-ring (bicyclic) bond motifs is 1. The van der Waals surface area contributed by atoms with Gasteiger partial charge < -0.3 is 15.0 Å². The second kappa shape index (κ2) is 11.7. The lowest BCUT2D eigenvalue weighted by Crippen LogP contribution is -2.30. The number of hydrogen-bond donors (Lipinski definition) is 1. The molecular formula is C30H31N5O3S. The van der Waals surface area contributed by atoms with Crippen LogP contribution in [0.15, 0.2) is 71.9 Å². The molecule has 200 valence electrons. The van der Waals surface area contributed by atoms with Crippen molar-refractivity contribution in [2.75, 3.05) is 24.3 Å². The standard InChI is InChI=1S/C30H31N5O3S/c1-20-8-9-21(2)26(16-20)35-27(18-31-28(36)17-22-10-12-24(38-3)13-11-22)32-33-30(35)39-19-29(37)34-15-14-23-6-4-5-7-25(23)34/h4-13,16H,14-15,17-19H2,1-3H3,(H,31,36). The molecule has 4 aromatic rings. The van der Waals surface area contributed by atoms with E-state index in [0.29, 0.717) is 17.5 Å². The summed E-state index contributed by atoms with van der Waals surface area (Å²) < 4.78 is 7.14. The number of amides is 2. The fraction of sp³-hybridized carbons (Fsp3) is 0.267. The minimum atomic E-state index is -0.118. The monoisotopic (exact) mass is 541 g/mol. The fourth-order valence-electron chi connectivity index (χ4n) is 4.68. The molecule has 8 nitrogen and oxygen atoms in total. The molecule has 0 saturated heterocycles. The molecule has 0 radical (unpaired) electrons. The van der Waals surface area contributed by atoms with Crippen LogP contribution in [0, 0.1) is 13.8 Å². The van der Waals surface area contributed by atoms with Gasteiger partial charge in [-0.1, -0.05) is 54.2 Å².